The van der Waals surface area contributed by atoms with Gasteiger partial charge in [-0.15, -0.1) is 5.53 Å². The van der Waals surface area contributed by atoms with Gasteiger partial charge in [0.15, 0.2) is 11.6 Å². The number of nitrogens with zero attached hydrogens (tertiary/aromatic N) is 4. The molecule has 0 unspecified atom stereocenters. The minimum atomic E-state index is 0.195. The number of nitrogens with one attached hydrogen (secondary N) is 3. The van der Waals surface area contributed by atoms with Crippen LogP contribution in [0.25, 0.3) is 0 Å². The van der Waals surface area contributed by atoms with Crippen molar-refractivity contribution in [3.63, 3.8) is 0 Å². The summed E-state index contributed by atoms with van der Waals surface area (Å²) < 4.78 is 0. The maximum absolute atomic E-state index is 6.42. The Morgan fingerprint density at radius 3 is 2.42 bits per heavy atom. The molecule has 180 valence electrons. The number of benzene rings is 1. The summed E-state index contributed by atoms with van der Waals surface area (Å²) in [5, 5.41) is 11.8. The summed E-state index contributed by atoms with van der Waals surface area (Å²) in [6.45, 7) is 8.99. The molecule has 0 amide bonds. The lowest BCUT2D eigenvalue weighted by atomic mass is 9.92. The second kappa shape index (κ2) is 9.79. The van der Waals surface area contributed by atoms with Crippen LogP contribution in [-0.2, 0) is 6.54 Å². The topological polar surface area (TPSA) is 120 Å². The lowest BCUT2D eigenvalue weighted by Crippen LogP contribution is -2.50. The molecule has 1 aromatic heterocycles. The number of nitrogen functional groups attached to an aromatic ring is 1. The van der Waals surface area contributed by atoms with Crippen LogP contribution in [0.15, 0.2) is 18.2 Å². The largest absolute Gasteiger partial charge is 0.398 e. The van der Waals surface area contributed by atoms with E-state index < -0.39 is 0 Å². The smallest absolute Gasteiger partial charge is 0.227 e. The van der Waals surface area contributed by atoms with E-state index in [9.17, 15) is 0 Å². The standard InChI is InChI=1S/C23H36ClN9/c1-13(2)32-20-21(27-12-17-18(24)6-5-7-19(17)26)29-23(28-16-10-8-15(25)9-11-16)30-22(20)33(31-32)14(3)4/h5-7,13-16,31H,8-12,25-26H2,1-4H3,(H2,27,28,29,30). The van der Waals surface area contributed by atoms with E-state index in [0.717, 1.165) is 48.6 Å². The molecule has 4 rings (SSSR count). The average molecular weight is 474 g/mol. The lowest BCUT2D eigenvalue weighted by molar-refractivity contribution is 0.410. The molecule has 0 radical (unpaired) electrons. The number of rotatable bonds is 7. The quantitative estimate of drug-likeness (QED) is 0.381. The third-order valence-electron chi connectivity index (χ3n) is 6.28. The van der Waals surface area contributed by atoms with Crippen LogP contribution in [0, 0.1) is 0 Å². The molecular formula is C23H36ClN9. The minimum Gasteiger partial charge on any atom is -0.398 e. The highest BCUT2D eigenvalue weighted by Gasteiger charge is 2.35. The fourth-order valence-corrected chi connectivity index (χ4v) is 4.60. The lowest BCUT2D eigenvalue weighted by Gasteiger charge is -2.27. The summed E-state index contributed by atoms with van der Waals surface area (Å²) in [6.07, 6.45) is 4.07. The van der Waals surface area contributed by atoms with Gasteiger partial charge in [-0.05, 0) is 65.5 Å². The van der Waals surface area contributed by atoms with Gasteiger partial charge in [0.05, 0.1) is 0 Å². The number of anilines is 5. The van der Waals surface area contributed by atoms with Crippen molar-refractivity contribution in [3.05, 3.63) is 28.8 Å². The highest BCUT2D eigenvalue weighted by Crippen LogP contribution is 2.41. The Morgan fingerprint density at radius 2 is 1.79 bits per heavy atom. The molecule has 7 N–H and O–H groups in total. The predicted octanol–water partition coefficient (Wildman–Crippen LogP) is 3.87. The van der Waals surface area contributed by atoms with Crippen molar-refractivity contribution < 1.29 is 0 Å². The molecular weight excluding hydrogens is 438 g/mol. The van der Waals surface area contributed by atoms with Crippen molar-refractivity contribution in [2.75, 3.05) is 26.4 Å². The first kappa shape index (κ1) is 23.7. The summed E-state index contributed by atoms with van der Waals surface area (Å²) >= 11 is 6.42. The predicted molar refractivity (Wildman–Crippen MR) is 137 cm³/mol. The van der Waals surface area contributed by atoms with Crippen LogP contribution in [0.2, 0.25) is 5.02 Å². The highest BCUT2D eigenvalue weighted by atomic mass is 35.5. The van der Waals surface area contributed by atoms with Gasteiger partial charge in [-0.2, -0.15) is 9.97 Å². The molecule has 1 saturated carbocycles. The van der Waals surface area contributed by atoms with Gasteiger partial charge in [-0.1, -0.05) is 17.7 Å². The van der Waals surface area contributed by atoms with Gasteiger partial charge in [0.1, 0.15) is 5.69 Å². The fraction of sp³-hybridized carbons (Fsp3) is 0.565. The van der Waals surface area contributed by atoms with E-state index in [2.05, 4.69) is 53.9 Å². The second-order valence-electron chi connectivity index (χ2n) is 9.51. The van der Waals surface area contributed by atoms with Gasteiger partial charge >= 0.3 is 0 Å². The Morgan fingerprint density at radius 1 is 1.09 bits per heavy atom. The van der Waals surface area contributed by atoms with E-state index in [4.69, 9.17) is 33.0 Å². The molecule has 1 aliphatic carbocycles. The summed E-state index contributed by atoms with van der Waals surface area (Å²) in [5.41, 5.74) is 18.2. The molecule has 0 atom stereocenters. The van der Waals surface area contributed by atoms with Crippen molar-refractivity contribution in [2.24, 2.45) is 5.73 Å². The molecule has 2 aromatic rings. The molecule has 1 aromatic carbocycles. The monoisotopic (exact) mass is 473 g/mol. The number of nitrogens with two attached hydrogens (primary N) is 2. The van der Waals surface area contributed by atoms with Gasteiger partial charge in [0.2, 0.25) is 5.95 Å². The molecule has 1 aliphatic heterocycles. The molecule has 2 heterocycles. The molecule has 33 heavy (non-hydrogen) atoms. The fourth-order valence-electron chi connectivity index (χ4n) is 4.35. The SMILES string of the molecule is CC(C)N1NN(C(C)C)c2c(NCc3c(N)cccc3Cl)nc(NC3CCC(N)CC3)nc21. The number of hydrazine groups is 2. The van der Waals surface area contributed by atoms with Gasteiger partial charge in [0.25, 0.3) is 0 Å². The summed E-state index contributed by atoms with van der Waals surface area (Å²) in [5.74, 6) is 2.19. The molecule has 10 heteroatoms. The maximum Gasteiger partial charge on any atom is 0.227 e. The first-order valence-electron chi connectivity index (χ1n) is 11.8. The van der Waals surface area contributed by atoms with Crippen LogP contribution >= 0.6 is 11.6 Å². The highest BCUT2D eigenvalue weighted by molar-refractivity contribution is 6.31. The number of aromatic nitrogens is 2. The van der Waals surface area contributed by atoms with Crippen molar-refractivity contribution in [1.29, 1.82) is 0 Å². The van der Waals surface area contributed by atoms with Crippen LogP contribution in [-0.4, -0.2) is 34.1 Å². The Hall–Kier alpha value is -2.49. The first-order valence-corrected chi connectivity index (χ1v) is 12.2. The number of fused-ring (bicyclic) bond motifs is 1. The Labute approximate surface area is 201 Å². The van der Waals surface area contributed by atoms with E-state index >= 15 is 0 Å². The van der Waals surface area contributed by atoms with E-state index in [-0.39, 0.29) is 12.1 Å². The average Bonchev–Trinajstić information content (AvgIpc) is 3.15. The van der Waals surface area contributed by atoms with Crippen LogP contribution in [0.4, 0.5) is 29.0 Å². The van der Waals surface area contributed by atoms with E-state index in [1.54, 1.807) is 0 Å². The summed E-state index contributed by atoms with van der Waals surface area (Å²) in [4.78, 5) is 9.83. The molecule has 0 spiro atoms. The molecule has 1 fully saturated rings. The maximum atomic E-state index is 6.42. The van der Waals surface area contributed by atoms with E-state index in [1.807, 2.05) is 18.2 Å². The van der Waals surface area contributed by atoms with Gasteiger partial charge in [-0.25, -0.2) is 0 Å². The minimum absolute atomic E-state index is 0.195. The number of halogens is 1. The number of hydrogen-bond acceptors (Lipinski definition) is 9. The Kier molecular flexibility index (Phi) is 7.02. The Bertz CT molecular complexity index is 952. The van der Waals surface area contributed by atoms with Crippen LogP contribution in [0.3, 0.4) is 0 Å². The van der Waals surface area contributed by atoms with Crippen molar-refractivity contribution in [1.82, 2.24) is 15.5 Å². The molecule has 2 aliphatic rings. The van der Waals surface area contributed by atoms with E-state index in [1.165, 1.54) is 0 Å². The molecule has 9 nitrogen and oxygen atoms in total. The van der Waals surface area contributed by atoms with Crippen molar-refractivity contribution >= 4 is 40.6 Å². The van der Waals surface area contributed by atoms with Gasteiger partial charge < -0.3 is 22.1 Å². The number of hydrogen-bond donors (Lipinski definition) is 5. The van der Waals surface area contributed by atoms with Crippen LogP contribution < -0.4 is 37.7 Å². The van der Waals surface area contributed by atoms with Crippen molar-refractivity contribution in [3.8, 4) is 0 Å². The normalized spacial score (nSPS) is 20.5. The van der Waals surface area contributed by atoms with Gasteiger partial charge in [0, 0.05) is 47.0 Å². The summed E-state index contributed by atoms with van der Waals surface area (Å²) in [7, 11) is 0. The summed E-state index contributed by atoms with van der Waals surface area (Å²) in [6, 6.07) is 6.57. The third-order valence-corrected chi connectivity index (χ3v) is 6.63. The van der Waals surface area contributed by atoms with Gasteiger partial charge in [-0.3, -0.25) is 10.0 Å². The third kappa shape index (κ3) is 5.05. The molecule has 0 bridgehead atoms. The zero-order valence-electron chi connectivity index (χ0n) is 19.9. The van der Waals surface area contributed by atoms with Crippen LogP contribution in [0.5, 0.6) is 0 Å². The Balaban J connectivity index is 1.69. The van der Waals surface area contributed by atoms with Crippen LogP contribution in [0.1, 0.15) is 58.9 Å². The molecule has 0 saturated heterocycles. The zero-order chi connectivity index (χ0) is 23.7. The zero-order valence-corrected chi connectivity index (χ0v) is 20.7. The van der Waals surface area contributed by atoms with Crippen molar-refractivity contribution in [2.45, 2.75) is 84.1 Å². The van der Waals surface area contributed by atoms with E-state index in [0.29, 0.717) is 35.3 Å². The second-order valence-corrected chi connectivity index (χ2v) is 9.92. The first-order chi connectivity index (χ1) is 15.7.